The summed E-state index contributed by atoms with van der Waals surface area (Å²) in [6.07, 6.45) is 2.15. The quantitative estimate of drug-likeness (QED) is 0.366. The van der Waals surface area contributed by atoms with Crippen LogP contribution in [0.5, 0.6) is 5.75 Å². The maximum absolute atomic E-state index is 12.3. The molecule has 0 saturated heterocycles. The lowest BCUT2D eigenvalue weighted by Crippen LogP contribution is -2.24. The van der Waals surface area contributed by atoms with Crippen molar-refractivity contribution in [1.29, 1.82) is 0 Å². The molecule has 0 aliphatic carbocycles. The van der Waals surface area contributed by atoms with Gasteiger partial charge in [0.05, 0.1) is 0 Å². The highest BCUT2D eigenvalue weighted by Gasteiger charge is 2.06. The molecule has 7 heteroatoms. The number of hydrogen-bond donors (Lipinski definition) is 3. The fourth-order valence-electron chi connectivity index (χ4n) is 2.68. The van der Waals surface area contributed by atoms with E-state index in [1.165, 1.54) is 0 Å². The van der Waals surface area contributed by atoms with E-state index in [1.807, 2.05) is 61.6 Å². The molecule has 0 atom stereocenters. The third kappa shape index (κ3) is 7.01. The average molecular weight is 416 g/mol. The normalized spacial score (nSPS) is 10.5. The molecule has 0 aromatic heterocycles. The molecule has 0 saturated carbocycles. The summed E-state index contributed by atoms with van der Waals surface area (Å²) in [5, 5.41) is 9.81. The number of carbonyl (C=O) groups is 2. The van der Waals surface area contributed by atoms with E-state index >= 15 is 0 Å². The predicted molar refractivity (Wildman–Crippen MR) is 123 cm³/mol. The molecule has 2 amide bonds. The molecule has 3 aromatic carbocycles. The number of nitrogens with one attached hydrogen (secondary N) is 3. The molecule has 0 aliphatic heterocycles. The minimum Gasteiger partial charge on any atom is -0.484 e. The third-order valence-corrected chi connectivity index (χ3v) is 4.37. The van der Waals surface area contributed by atoms with Crippen LogP contribution < -0.4 is 20.8 Å². The van der Waals surface area contributed by atoms with Crippen LogP contribution in [-0.4, -0.2) is 31.7 Å². The summed E-state index contributed by atoms with van der Waals surface area (Å²) in [7, 11) is 1.83. The first-order valence-electron chi connectivity index (χ1n) is 9.80. The number of anilines is 2. The summed E-state index contributed by atoms with van der Waals surface area (Å²) in [6, 6.07) is 23.8. The largest absolute Gasteiger partial charge is 0.484 e. The van der Waals surface area contributed by atoms with Crippen LogP contribution in [0.4, 0.5) is 11.4 Å². The highest BCUT2D eigenvalue weighted by molar-refractivity contribution is 6.04. The number of ether oxygens (including phenoxy) is 1. The zero-order valence-corrected chi connectivity index (χ0v) is 17.2. The number of hydrazone groups is 1. The Bertz CT molecular complexity index is 1020. The average Bonchev–Trinajstić information content (AvgIpc) is 2.82. The summed E-state index contributed by atoms with van der Waals surface area (Å²) in [4.78, 5) is 24.0. The molecule has 0 aliphatic rings. The summed E-state index contributed by atoms with van der Waals surface area (Å²) >= 11 is 0. The number of rotatable bonds is 9. The summed E-state index contributed by atoms with van der Waals surface area (Å²) < 4.78 is 5.35. The van der Waals surface area contributed by atoms with Gasteiger partial charge in [-0.2, -0.15) is 5.10 Å². The molecule has 0 heterocycles. The van der Waals surface area contributed by atoms with Crippen LogP contribution in [0.2, 0.25) is 0 Å². The van der Waals surface area contributed by atoms with E-state index in [2.05, 4.69) is 21.2 Å². The maximum Gasteiger partial charge on any atom is 0.277 e. The molecule has 158 valence electrons. The zero-order chi connectivity index (χ0) is 21.9. The highest BCUT2D eigenvalue weighted by atomic mass is 16.5. The Morgan fingerprint density at radius 3 is 2.26 bits per heavy atom. The second-order valence-electron chi connectivity index (χ2n) is 6.63. The van der Waals surface area contributed by atoms with Gasteiger partial charge in [0.25, 0.3) is 11.8 Å². The molecule has 3 rings (SSSR count). The SMILES string of the molecule is CNc1ccc(C(=O)Nc2ccc(CC=NNC(=O)COc3ccccc3)cc2)cc1. The van der Waals surface area contributed by atoms with Crippen molar-refractivity contribution in [2.45, 2.75) is 6.42 Å². The first-order valence-corrected chi connectivity index (χ1v) is 9.80. The number of benzene rings is 3. The van der Waals surface area contributed by atoms with Crippen molar-refractivity contribution in [1.82, 2.24) is 5.43 Å². The standard InChI is InChI=1S/C24H24N4O3/c1-25-20-13-9-19(10-14-20)24(30)27-21-11-7-18(8-12-21)15-16-26-28-23(29)17-31-22-5-3-2-4-6-22/h2-14,16,25H,15,17H2,1H3,(H,27,30)(H,28,29). The molecular formula is C24H24N4O3. The van der Waals surface area contributed by atoms with Gasteiger partial charge >= 0.3 is 0 Å². The summed E-state index contributed by atoms with van der Waals surface area (Å²) in [5.41, 5.74) is 5.66. The van der Waals surface area contributed by atoms with Crippen molar-refractivity contribution in [3.63, 3.8) is 0 Å². The van der Waals surface area contributed by atoms with Crippen molar-refractivity contribution >= 4 is 29.4 Å². The molecule has 31 heavy (non-hydrogen) atoms. The van der Waals surface area contributed by atoms with Gasteiger partial charge in [0.1, 0.15) is 5.75 Å². The number of carbonyl (C=O) groups excluding carboxylic acids is 2. The van der Waals surface area contributed by atoms with E-state index in [1.54, 1.807) is 30.5 Å². The number of nitrogens with zero attached hydrogens (tertiary/aromatic N) is 1. The molecule has 3 aromatic rings. The van der Waals surface area contributed by atoms with Crippen LogP contribution in [0.3, 0.4) is 0 Å². The number of hydrogen-bond acceptors (Lipinski definition) is 5. The van der Waals surface area contributed by atoms with Gasteiger partial charge in [-0.3, -0.25) is 9.59 Å². The predicted octanol–water partition coefficient (Wildman–Crippen LogP) is 3.70. The lowest BCUT2D eigenvalue weighted by atomic mass is 10.1. The van der Waals surface area contributed by atoms with Gasteiger partial charge in [-0.15, -0.1) is 0 Å². The van der Waals surface area contributed by atoms with Crippen molar-refractivity contribution in [2.24, 2.45) is 5.10 Å². The molecule has 7 nitrogen and oxygen atoms in total. The van der Waals surface area contributed by atoms with Gasteiger partial charge in [-0.25, -0.2) is 5.43 Å². The van der Waals surface area contributed by atoms with E-state index in [-0.39, 0.29) is 18.4 Å². The smallest absolute Gasteiger partial charge is 0.277 e. The Hall–Kier alpha value is -4.13. The lowest BCUT2D eigenvalue weighted by molar-refractivity contribution is -0.123. The fraction of sp³-hybridized carbons (Fsp3) is 0.125. The Kier molecular flexibility index (Phi) is 7.77. The lowest BCUT2D eigenvalue weighted by Gasteiger charge is -2.07. The van der Waals surface area contributed by atoms with E-state index < -0.39 is 0 Å². The highest BCUT2D eigenvalue weighted by Crippen LogP contribution is 2.13. The van der Waals surface area contributed by atoms with E-state index in [9.17, 15) is 9.59 Å². The van der Waals surface area contributed by atoms with Crippen LogP contribution in [0.1, 0.15) is 15.9 Å². The van der Waals surface area contributed by atoms with Gasteiger partial charge in [0.2, 0.25) is 0 Å². The Morgan fingerprint density at radius 2 is 1.58 bits per heavy atom. The molecule has 0 bridgehead atoms. The van der Waals surface area contributed by atoms with Crippen LogP contribution in [0, 0.1) is 0 Å². The van der Waals surface area contributed by atoms with E-state index in [0.29, 0.717) is 23.4 Å². The first-order chi connectivity index (χ1) is 15.1. The van der Waals surface area contributed by atoms with Crippen LogP contribution in [0.25, 0.3) is 0 Å². The van der Waals surface area contributed by atoms with Gasteiger partial charge in [0.15, 0.2) is 6.61 Å². The zero-order valence-electron chi connectivity index (χ0n) is 17.2. The van der Waals surface area contributed by atoms with Crippen molar-refractivity contribution in [2.75, 3.05) is 24.3 Å². The van der Waals surface area contributed by atoms with Crippen LogP contribution in [0.15, 0.2) is 84.0 Å². The minimum absolute atomic E-state index is 0.104. The second kappa shape index (κ2) is 11.2. The Balaban J connectivity index is 1.41. The molecule has 0 fully saturated rings. The van der Waals surface area contributed by atoms with Gasteiger partial charge < -0.3 is 15.4 Å². The van der Waals surface area contributed by atoms with Gasteiger partial charge in [-0.05, 0) is 54.1 Å². The van der Waals surface area contributed by atoms with Crippen molar-refractivity contribution in [3.05, 3.63) is 90.0 Å². The van der Waals surface area contributed by atoms with E-state index in [4.69, 9.17) is 4.74 Å². The number of amides is 2. The summed E-state index contributed by atoms with van der Waals surface area (Å²) in [6.45, 7) is -0.104. The van der Waals surface area contributed by atoms with Crippen molar-refractivity contribution in [3.8, 4) is 5.75 Å². The summed E-state index contributed by atoms with van der Waals surface area (Å²) in [5.74, 6) is 0.127. The molecule has 3 N–H and O–H groups in total. The first kappa shape index (κ1) is 21.6. The molecule has 0 spiro atoms. The molecule has 0 radical (unpaired) electrons. The molecular weight excluding hydrogens is 392 g/mol. The Morgan fingerprint density at radius 1 is 0.903 bits per heavy atom. The van der Waals surface area contributed by atoms with Gasteiger partial charge in [0, 0.05) is 36.6 Å². The monoisotopic (exact) mass is 416 g/mol. The third-order valence-electron chi connectivity index (χ3n) is 4.37. The molecule has 0 unspecified atom stereocenters. The number of para-hydroxylation sites is 1. The minimum atomic E-state index is -0.332. The van der Waals surface area contributed by atoms with Gasteiger partial charge in [-0.1, -0.05) is 30.3 Å². The van der Waals surface area contributed by atoms with Crippen LogP contribution in [-0.2, 0) is 11.2 Å². The second-order valence-corrected chi connectivity index (χ2v) is 6.63. The Labute approximate surface area is 181 Å². The van der Waals surface area contributed by atoms with Crippen LogP contribution >= 0.6 is 0 Å². The fourth-order valence-corrected chi connectivity index (χ4v) is 2.68. The maximum atomic E-state index is 12.3. The topological polar surface area (TPSA) is 91.8 Å². The van der Waals surface area contributed by atoms with E-state index in [0.717, 1.165) is 11.3 Å². The van der Waals surface area contributed by atoms with Crippen molar-refractivity contribution < 1.29 is 14.3 Å².